The summed E-state index contributed by atoms with van der Waals surface area (Å²) in [4.78, 5) is 12.1. The molecule has 0 heterocycles. The highest BCUT2D eigenvalue weighted by atomic mass is 35.5. The molecule has 1 amide bonds. The zero-order valence-electron chi connectivity index (χ0n) is 11.8. The first-order valence-corrected chi connectivity index (χ1v) is 6.67. The van der Waals surface area contributed by atoms with E-state index in [1.807, 2.05) is 0 Å². The van der Waals surface area contributed by atoms with Crippen LogP contribution in [-0.2, 0) is 0 Å². The van der Waals surface area contributed by atoms with Crippen molar-refractivity contribution in [2.45, 2.75) is 6.61 Å². The number of rotatable bonds is 5. The molecule has 122 valence electrons. The van der Waals surface area contributed by atoms with Crippen molar-refractivity contribution >= 4 is 23.2 Å². The molecule has 0 aliphatic carbocycles. The number of nitrogens with one attached hydrogen (secondary N) is 1. The smallest absolute Gasteiger partial charge is 0.387 e. The van der Waals surface area contributed by atoms with Gasteiger partial charge in [0.15, 0.2) is 11.5 Å². The van der Waals surface area contributed by atoms with Gasteiger partial charge in [0, 0.05) is 10.6 Å². The first kappa shape index (κ1) is 17.0. The van der Waals surface area contributed by atoms with Crippen molar-refractivity contribution in [2.24, 2.45) is 0 Å². The van der Waals surface area contributed by atoms with E-state index in [9.17, 15) is 18.0 Å². The quantitative estimate of drug-likeness (QED) is 0.876. The molecule has 8 heteroatoms. The van der Waals surface area contributed by atoms with Crippen molar-refractivity contribution in [2.75, 3.05) is 12.4 Å². The summed E-state index contributed by atoms with van der Waals surface area (Å²) in [5, 5.41) is 2.54. The Hall–Kier alpha value is -2.41. The van der Waals surface area contributed by atoms with Gasteiger partial charge in [0.2, 0.25) is 0 Å². The normalized spacial score (nSPS) is 10.5. The van der Waals surface area contributed by atoms with Gasteiger partial charge in [-0.2, -0.15) is 8.78 Å². The number of carbonyl (C=O) groups is 1. The zero-order chi connectivity index (χ0) is 17.0. The van der Waals surface area contributed by atoms with Crippen LogP contribution in [0.2, 0.25) is 5.02 Å². The van der Waals surface area contributed by atoms with Gasteiger partial charge >= 0.3 is 6.61 Å². The third kappa shape index (κ3) is 4.29. The molecule has 0 radical (unpaired) electrons. The maximum atomic E-state index is 13.7. The Balaban J connectivity index is 2.22. The predicted molar refractivity (Wildman–Crippen MR) is 79.0 cm³/mol. The largest absolute Gasteiger partial charge is 0.493 e. The fraction of sp³-hybridized carbons (Fsp3) is 0.133. The van der Waals surface area contributed by atoms with Gasteiger partial charge in [0.1, 0.15) is 5.82 Å². The van der Waals surface area contributed by atoms with Crippen LogP contribution in [0.25, 0.3) is 0 Å². The number of halogens is 4. The molecule has 23 heavy (non-hydrogen) atoms. The molecule has 4 nitrogen and oxygen atoms in total. The van der Waals surface area contributed by atoms with Gasteiger partial charge in [-0.3, -0.25) is 4.79 Å². The van der Waals surface area contributed by atoms with Gasteiger partial charge in [-0.15, -0.1) is 0 Å². The van der Waals surface area contributed by atoms with Crippen LogP contribution in [0.5, 0.6) is 11.5 Å². The molecule has 0 aliphatic rings. The van der Waals surface area contributed by atoms with Crippen molar-refractivity contribution in [3.05, 3.63) is 52.8 Å². The fourth-order valence-electron chi connectivity index (χ4n) is 1.79. The van der Waals surface area contributed by atoms with Crippen LogP contribution < -0.4 is 14.8 Å². The summed E-state index contributed by atoms with van der Waals surface area (Å²) in [5.41, 5.74) is 0.0177. The Morgan fingerprint density at radius 2 is 1.91 bits per heavy atom. The average Bonchev–Trinajstić information content (AvgIpc) is 2.49. The highest BCUT2D eigenvalue weighted by Crippen LogP contribution is 2.30. The minimum atomic E-state index is -3.02. The summed E-state index contributed by atoms with van der Waals surface area (Å²) in [6.45, 7) is -3.02. The van der Waals surface area contributed by atoms with Gasteiger partial charge in [-0.1, -0.05) is 11.6 Å². The number of anilines is 1. The molecule has 1 N–H and O–H groups in total. The Kier molecular flexibility index (Phi) is 5.33. The van der Waals surface area contributed by atoms with E-state index in [0.29, 0.717) is 0 Å². The van der Waals surface area contributed by atoms with E-state index >= 15 is 0 Å². The fourth-order valence-corrected chi connectivity index (χ4v) is 1.95. The number of alkyl halides is 2. The van der Waals surface area contributed by atoms with Crippen LogP contribution >= 0.6 is 11.6 Å². The second-order valence-electron chi connectivity index (χ2n) is 4.32. The van der Waals surface area contributed by atoms with Crippen LogP contribution in [0.4, 0.5) is 18.9 Å². The molecule has 0 saturated heterocycles. The molecule has 0 atom stereocenters. The topological polar surface area (TPSA) is 47.6 Å². The minimum absolute atomic E-state index is 0.0467. The maximum Gasteiger partial charge on any atom is 0.387 e. The second kappa shape index (κ2) is 7.23. The van der Waals surface area contributed by atoms with Crippen molar-refractivity contribution in [3.63, 3.8) is 0 Å². The predicted octanol–water partition coefficient (Wildman–Crippen LogP) is 4.34. The summed E-state index contributed by atoms with van der Waals surface area (Å²) in [5.74, 6) is -1.60. The van der Waals surface area contributed by atoms with Crippen molar-refractivity contribution < 1.29 is 27.4 Å². The lowest BCUT2D eigenvalue weighted by Gasteiger charge is -2.12. The molecule has 0 aliphatic heterocycles. The summed E-state index contributed by atoms with van der Waals surface area (Å²) in [6.07, 6.45) is 0. The van der Waals surface area contributed by atoms with E-state index in [1.165, 1.54) is 31.4 Å². The molecule has 2 aromatic carbocycles. The molecule has 0 unspecified atom stereocenters. The van der Waals surface area contributed by atoms with Crippen LogP contribution in [0, 0.1) is 5.82 Å². The van der Waals surface area contributed by atoms with E-state index in [1.54, 1.807) is 0 Å². The number of methoxy groups -OCH3 is 1. The van der Waals surface area contributed by atoms with Gasteiger partial charge in [-0.25, -0.2) is 4.39 Å². The number of hydrogen-bond acceptors (Lipinski definition) is 3. The molecule has 0 aromatic heterocycles. The summed E-state index contributed by atoms with van der Waals surface area (Å²) >= 11 is 5.62. The molecule has 2 aromatic rings. The van der Waals surface area contributed by atoms with Gasteiger partial charge in [-0.05, 0) is 36.4 Å². The first-order valence-electron chi connectivity index (χ1n) is 6.30. The standard InChI is InChI=1S/C15H11ClF3NO3/c1-22-13-6-8(2-5-12(13)23-15(18)19)14(21)20-11-4-3-9(16)7-10(11)17/h2-7,15H,1H3,(H,20,21). The molecule has 0 bridgehead atoms. The number of carbonyl (C=O) groups excluding carboxylic acids is 1. The zero-order valence-corrected chi connectivity index (χ0v) is 12.5. The van der Waals surface area contributed by atoms with E-state index < -0.39 is 18.3 Å². The first-order chi connectivity index (χ1) is 10.9. The van der Waals surface area contributed by atoms with Crippen molar-refractivity contribution in [3.8, 4) is 11.5 Å². The van der Waals surface area contributed by atoms with Gasteiger partial charge < -0.3 is 14.8 Å². The van der Waals surface area contributed by atoms with E-state index in [0.717, 1.165) is 12.1 Å². The molecular weight excluding hydrogens is 335 g/mol. The SMILES string of the molecule is COc1cc(C(=O)Nc2ccc(Cl)cc2F)ccc1OC(F)F. The number of amides is 1. The lowest BCUT2D eigenvalue weighted by molar-refractivity contribution is -0.0512. The van der Waals surface area contributed by atoms with Crippen LogP contribution in [0.3, 0.4) is 0 Å². The number of ether oxygens (including phenoxy) is 2. The van der Waals surface area contributed by atoms with Gasteiger partial charge in [0.05, 0.1) is 12.8 Å². The van der Waals surface area contributed by atoms with Gasteiger partial charge in [0.25, 0.3) is 5.91 Å². The molecule has 0 fully saturated rings. The summed E-state index contributed by atoms with van der Waals surface area (Å²) in [6, 6.07) is 7.40. The van der Waals surface area contributed by atoms with Crippen LogP contribution in [-0.4, -0.2) is 19.6 Å². The highest BCUT2D eigenvalue weighted by Gasteiger charge is 2.15. The van der Waals surface area contributed by atoms with E-state index in [2.05, 4.69) is 10.1 Å². The summed E-state index contributed by atoms with van der Waals surface area (Å²) in [7, 11) is 1.24. The lowest BCUT2D eigenvalue weighted by atomic mass is 10.2. The molecule has 0 spiro atoms. The van der Waals surface area contributed by atoms with Crippen LogP contribution in [0.1, 0.15) is 10.4 Å². The Bertz CT molecular complexity index is 725. The number of hydrogen-bond donors (Lipinski definition) is 1. The van der Waals surface area contributed by atoms with Crippen molar-refractivity contribution in [1.29, 1.82) is 0 Å². The van der Waals surface area contributed by atoms with Crippen LogP contribution in [0.15, 0.2) is 36.4 Å². The second-order valence-corrected chi connectivity index (χ2v) is 4.76. The average molecular weight is 346 g/mol. The third-order valence-electron chi connectivity index (χ3n) is 2.82. The maximum absolute atomic E-state index is 13.7. The van der Waals surface area contributed by atoms with E-state index in [-0.39, 0.29) is 27.8 Å². The third-order valence-corrected chi connectivity index (χ3v) is 3.06. The lowest BCUT2D eigenvalue weighted by Crippen LogP contribution is -2.13. The minimum Gasteiger partial charge on any atom is -0.493 e. The number of benzene rings is 2. The molecule has 0 saturated carbocycles. The molecular formula is C15H11ClF3NO3. The Morgan fingerprint density at radius 1 is 1.17 bits per heavy atom. The Labute approximate surface area is 134 Å². The molecule has 2 rings (SSSR count). The van der Waals surface area contributed by atoms with Crippen molar-refractivity contribution in [1.82, 2.24) is 0 Å². The van der Waals surface area contributed by atoms with E-state index in [4.69, 9.17) is 16.3 Å². The highest BCUT2D eigenvalue weighted by molar-refractivity contribution is 6.30. The Morgan fingerprint density at radius 3 is 2.52 bits per heavy atom. The summed E-state index contributed by atoms with van der Waals surface area (Å²) < 4.78 is 47.3. The monoisotopic (exact) mass is 345 g/mol.